The molecule has 0 aromatic rings. The van der Waals surface area contributed by atoms with Crippen LogP contribution in [0.1, 0.15) is 46.0 Å². The lowest BCUT2D eigenvalue weighted by atomic mass is 9.90. The number of nitrogens with two attached hydrogens (primary N) is 1. The first-order valence-corrected chi connectivity index (χ1v) is 6.09. The molecule has 0 bridgehead atoms. The highest BCUT2D eigenvalue weighted by molar-refractivity contribution is 5.85. The Morgan fingerprint density at radius 1 is 1.44 bits per heavy atom. The molecule has 1 rings (SSSR count). The zero-order chi connectivity index (χ0) is 11.3. The standard InChI is InChI=1S/C12H24N2O.ClH/c1-3-4-5-6-11(15)14-8-7-12(2,9-13)10-14;/h3-10,13H2,1-2H3;1H. The number of likely N-dealkylation sites (tertiary alicyclic amines) is 1. The Kier molecular flexibility index (Phi) is 7.00. The third-order valence-corrected chi connectivity index (χ3v) is 3.40. The largest absolute Gasteiger partial charge is 0.342 e. The van der Waals surface area contributed by atoms with Gasteiger partial charge in [-0.05, 0) is 24.8 Å². The maximum absolute atomic E-state index is 11.8. The smallest absolute Gasteiger partial charge is 0.222 e. The lowest BCUT2D eigenvalue weighted by molar-refractivity contribution is -0.130. The molecule has 0 aromatic carbocycles. The highest BCUT2D eigenvalue weighted by atomic mass is 35.5. The van der Waals surface area contributed by atoms with E-state index in [1.54, 1.807) is 0 Å². The number of hydrogen-bond donors (Lipinski definition) is 1. The molecule has 0 spiro atoms. The van der Waals surface area contributed by atoms with Crippen LogP contribution in [0.25, 0.3) is 0 Å². The molecule has 4 heteroatoms. The monoisotopic (exact) mass is 248 g/mol. The molecule has 96 valence electrons. The summed E-state index contributed by atoms with van der Waals surface area (Å²) in [6.45, 7) is 6.77. The van der Waals surface area contributed by atoms with Crippen LogP contribution in [-0.2, 0) is 4.79 Å². The van der Waals surface area contributed by atoms with Gasteiger partial charge in [0.15, 0.2) is 0 Å². The van der Waals surface area contributed by atoms with Crippen LogP contribution in [0.15, 0.2) is 0 Å². The molecule has 1 aliphatic heterocycles. The summed E-state index contributed by atoms with van der Waals surface area (Å²) in [6.07, 6.45) is 5.14. The number of rotatable bonds is 5. The number of halogens is 1. The van der Waals surface area contributed by atoms with E-state index in [1.165, 1.54) is 6.42 Å². The minimum absolute atomic E-state index is 0. The first-order valence-electron chi connectivity index (χ1n) is 6.09. The van der Waals surface area contributed by atoms with E-state index in [1.807, 2.05) is 4.90 Å². The van der Waals surface area contributed by atoms with Crippen LogP contribution in [0.3, 0.4) is 0 Å². The molecule has 1 unspecified atom stereocenters. The lowest BCUT2D eigenvalue weighted by Gasteiger charge is -2.22. The summed E-state index contributed by atoms with van der Waals surface area (Å²) in [6, 6.07) is 0. The first-order chi connectivity index (χ1) is 7.11. The van der Waals surface area contributed by atoms with E-state index in [0.29, 0.717) is 18.9 Å². The number of carbonyl (C=O) groups is 1. The van der Waals surface area contributed by atoms with Crippen molar-refractivity contribution < 1.29 is 4.79 Å². The normalized spacial score (nSPS) is 24.3. The Labute approximate surface area is 105 Å². The van der Waals surface area contributed by atoms with Gasteiger partial charge in [0.2, 0.25) is 5.91 Å². The van der Waals surface area contributed by atoms with Gasteiger partial charge in [-0.1, -0.05) is 26.7 Å². The molecule has 1 atom stereocenters. The predicted octanol–water partition coefficient (Wildman–Crippen LogP) is 2.19. The average molecular weight is 249 g/mol. The average Bonchev–Trinajstić information content (AvgIpc) is 2.62. The summed E-state index contributed by atoms with van der Waals surface area (Å²) < 4.78 is 0. The van der Waals surface area contributed by atoms with Crippen molar-refractivity contribution in [3.05, 3.63) is 0 Å². The molecule has 3 nitrogen and oxygen atoms in total. The Balaban J connectivity index is 0.00000225. The van der Waals surface area contributed by atoms with Gasteiger partial charge >= 0.3 is 0 Å². The Morgan fingerprint density at radius 3 is 2.62 bits per heavy atom. The van der Waals surface area contributed by atoms with E-state index < -0.39 is 0 Å². The van der Waals surface area contributed by atoms with Crippen LogP contribution < -0.4 is 5.73 Å². The summed E-state index contributed by atoms with van der Waals surface area (Å²) in [7, 11) is 0. The zero-order valence-electron chi connectivity index (χ0n) is 10.5. The second-order valence-corrected chi connectivity index (χ2v) is 5.04. The number of unbranched alkanes of at least 4 members (excludes halogenated alkanes) is 2. The van der Waals surface area contributed by atoms with E-state index in [2.05, 4.69) is 13.8 Å². The van der Waals surface area contributed by atoms with Crippen molar-refractivity contribution in [2.75, 3.05) is 19.6 Å². The molecule has 0 saturated carbocycles. The van der Waals surface area contributed by atoms with Crippen LogP contribution in [0.2, 0.25) is 0 Å². The van der Waals surface area contributed by atoms with Crippen LogP contribution >= 0.6 is 12.4 Å². The molecule has 0 aliphatic carbocycles. The predicted molar refractivity (Wildman–Crippen MR) is 69.7 cm³/mol. The third-order valence-electron chi connectivity index (χ3n) is 3.40. The Morgan fingerprint density at radius 2 is 2.12 bits per heavy atom. The number of hydrogen-bond acceptors (Lipinski definition) is 2. The van der Waals surface area contributed by atoms with Gasteiger partial charge in [-0.2, -0.15) is 0 Å². The first kappa shape index (κ1) is 15.7. The lowest BCUT2D eigenvalue weighted by Crippen LogP contribution is -2.34. The third kappa shape index (κ3) is 4.30. The highest BCUT2D eigenvalue weighted by Crippen LogP contribution is 2.28. The number of nitrogens with zero attached hydrogens (tertiary/aromatic N) is 1. The van der Waals surface area contributed by atoms with Crippen LogP contribution in [0, 0.1) is 5.41 Å². The van der Waals surface area contributed by atoms with Gasteiger partial charge in [-0.25, -0.2) is 0 Å². The molecule has 2 N–H and O–H groups in total. The van der Waals surface area contributed by atoms with E-state index in [9.17, 15) is 4.79 Å². The molecule has 16 heavy (non-hydrogen) atoms. The van der Waals surface area contributed by atoms with Gasteiger partial charge in [0.1, 0.15) is 0 Å². The van der Waals surface area contributed by atoms with Crippen molar-refractivity contribution >= 4 is 18.3 Å². The van der Waals surface area contributed by atoms with Crippen LogP contribution in [0.4, 0.5) is 0 Å². The fourth-order valence-electron chi connectivity index (χ4n) is 2.09. The van der Waals surface area contributed by atoms with Crippen molar-refractivity contribution in [3.63, 3.8) is 0 Å². The van der Waals surface area contributed by atoms with Crippen LogP contribution in [-0.4, -0.2) is 30.4 Å². The second-order valence-electron chi connectivity index (χ2n) is 5.04. The fourth-order valence-corrected chi connectivity index (χ4v) is 2.09. The summed E-state index contributed by atoms with van der Waals surface area (Å²) in [5.74, 6) is 0.320. The summed E-state index contributed by atoms with van der Waals surface area (Å²) in [4.78, 5) is 13.8. The minimum Gasteiger partial charge on any atom is -0.342 e. The molecule has 1 heterocycles. The van der Waals surface area contributed by atoms with Gasteiger partial charge < -0.3 is 10.6 Å². The summed E-state index contributed by atoms with van der Waals surface area (Å²) in [5.41, 5.74) is 5.88. The summed E-state index contributed by atoms with van der Waals surface area (Å²) in [5, 5.41) is 0. The Bertz CT molecular complexity index is 223. The van der Waals surface area contributed by atoms with E-state index in [0.717, 1.165) is 32.4 Å². The SMILES string of the molecule is CCCCCC(=O)N1CCC(C)(CN)C1.Cl. The molecule has 1 aliphatic rings. The van der Waals surface area contributed by atoms with E-state index in [4.69, 9.17) is 5.73 Å². The molecular formula is C12H25ClN2O. The molecule has 1 fully saturated rings. The van der Waals surface area contributed by atoms with Crippen molar-refractivity contribution in [1.29, 1.82) is 0 Å². The maximum Gasteiger partial charge on any atom is 0.222 e. The molecular weight excluding hydrogens is 224 g/mol. The van der Waals surface area contributed by atoms with E-state index in [-0.39, 0.29) is 17.8 Å². The van der Waals surface area contributed by atoms with Crippen LogP contribution in [0.5, 0.6) is 0 Å². The van der Waals surface area contributed by atoms with Crippen molar-refractivity contribution in [2.24, 2.45) is 11.1 Å². The van der Waals surface area contributed by atoms with E-state index >= 15 is 0 Å². The minimum atomic E-state index is 0. The zero-order valence-corrected chi connectivity index (χ0v) is 11.3. The van der Waals surface area contributed by atoms with Gasteiger partial charge in [-0.3, -0.25) is 4.79 Å². The maximum atomic E-state index is 11.8. The number of carbonyl (C=O) groups excluding carboxylic acids is 1. The molecule has 0 aromatic heterocycles. The molecule has 1 amide bonds. The fraction of sp³-hybridized carbons (Fsp3) is 0.917. The highest BCUT2D eigenvalue weighted by Gasteiger charge is 2.34. The van der Waals surface area contributed by atoms with Crippen molar-refractivity contribution in [1.82, 2.24) is 4.90 Å². The summed E-state index contributed by atoms with van der Waals surface area (Å²) >= 11 is 0. The van der Waals surface area contributed by atoms with Gasteiger partial charge in [0, 0.05) is 19.5 Å². The quantitative estimate of drug-likeness (QED) is 0.759. The van der Waals surface area contributed by atoms with Gasteiger partial charge in [0.05, 0.1) is 0 Å². The number of amides is 1. The van der Waals surface area contributed by atoms with Gasteiger partial charge in [0.25, 0.3) is 0 Å². The topological polar surface area (TPSA) is 46.3 Å². The van der Waals surface area contributed by atoms with Crippen molar-refractivity contribution in [3.8, 4) is 0 Å². The molecule has 1 saturated heterocycles. The second kappa shape index (κ2) is 7.13. The van der Waals surface area contributed by atoms with Gasteiger partial charge in [-0.15, -0.1) is 12.4 Å². The molecule has 0 radical (unpaired) electrons. The van der Waals surface area contributed by atoms with Crippen molar-refractivity contribution in [2.45, 2.75) is 46.0 Å². The Hall–Kier alpha value is -0.280.